The average molecular weight is 250 g/mol. The van der Waals surface area contributed by atoms with Crippen LogP contribution >= 0.6 is 0 Å². The highest BCUT2D eigenvalue weighted by atomic mass is 16.3. The van der Waals surface area contributed by atoms with Crippen LogP contribution in [0.1, 0.15) is 58.6 Å². The molecule has 0 fully saturated rings. The number of aromatic nitrogens is 1. The Bertz CT molecular complexity index is 350. The van der Waals surface area contributed by atoms with Gasteiger partial charge in [-0.15, -0.1) is 0 Å². The first-order valence-corrected chi connectivity index (χ1v) is 6.97. The third-order valence-corrected chi connectivity index (χ3v) is 3.17. The Morgan fingerprint density at radius 2 is 2.00 bits per heavy atom. The van der Waals surface area contributed by atoms with Crippen molar-refractivity contribution in [2.24, 2.45) is 0 Å². The molecule has 0 saturated heterocycles. The van der Waals surface area contributed by atoms with Gasteiger partial charge in [0.2, 0.25) is 0 Å². The number of anilines is 1. The molecule has 0 spiro atoms. The summed E-state index contributed by atoms with van der Waals surface area (Å²) in [6, 6.07) is 4.30. The Balaban J connectivity index is 2.81. The largest absolute Gasteiger partial charge is 0.389 e. The van der Waals surface area contributed by atoms with Crippen molar-refractivity contribution in [3.63, 3.8) is 0 Å². The molecule has 1 rings (SSSR count). The summed E-state index contributed by atoms with van der Waals surface area (Å²) in [5.74, 6) is 0.972. The van der Waals surface area contributed by atoms with Crippen LogP contribution in [0.15, 0.2) is 18.3 Å². The van der Waals surface area contributed by atoms with E-state index in [2.05, 4.69) is 30.7 Å². The first kappa shape index (κ1) is 15.0. The van der Waals surface area contributed by atoms with Crippen molar-refractivity contribution in [3.8, 4) is 0 Å². The molecule has 0 aliphatic rings. The molecule has 1 N–H and O–H groups in total. The van der Waals surface area contributed by atoms with Gasteiger partial charge in [-0.1, -0.05) is 19.8 Å². The van der Waals surface area contributed by atoms with E-state index >= 15 is 0 Å². The predicted molar refractivity (Wildman–Crippen MR) is 76.9 cm³/mol. The molecule has 3 heteroatoms. The molecule has 1 aromatic rings. The third kappa shape index (κ3) is 4.30. The Kier molecular flexibility index (Phi) is 6.13. The first-order chi connectivity index (χ1) is 8.56. The molecule has 102 valence electrons. The van der Waals surface area contributed by atoms with Gasteiger partial charge in [0, 0.05) is 18.8 Å². The van der Waals surface area contributed by atoms with Gasteiger partial charge in [-0.25, -0.2) is 4.98 Å². The molecule has 3 nitrogen and oxygen atoms in total. The van der Waals surface area contributed by atoms with Crippen LogP contribution in [0.3, 0.4) is 0 Å². The van der Waals surface area contributed by atoms with Crippen LogP contribution in [0, 0.1) is 0 Å². The fourth-order valence-electron chi connectivity index (χ4n) is 2.02. The fourth-order valence-corrected chi connectivity index (χ4v) is 2.02. The summed E-state index contributed by atoms with van der Waals surface area (Å²) in [5, 5.41) is 9.64. The van der Waals surface area contributed by atoms with Gasteiger partial charge in [0.05, 0.1) is 6.10 Å². The molecule has 0 bridgehead atoms. The number of pyridine rings is 1. The number of nitrogens with zero attached hydrogens (tertiary/aromatic N) is 2. The third-order valence-electron chi connectivity index (χ3n) is 3.17. The second kappa shape index (κ2) is 7.37. The highest BCUT2D eigenvalue weighted by Gasteiger charge is 2.12. The van der Waals surface area contributed by atoms with Gasteiger partial charge in [0.25, 0.3) is 0 Å². The lowest BCUT2D eigenvalue weighted by Crippen LogP contribution is -2.32. The molecular formula is C15H26N2O. The van der Waals surface area contributed by atoms with Gasteiger partial charge < -0.3 is 10.0 Å². The van der Waals surface area contributed by atoms with Gasteiger partial charge in [0.15, 0.2) is 0 Å². The van der Waals surface area contributed by atoms with Crippen LogP contribution in [-0.4, -0.2) is 22.7 Å². The van der Waals surface area contributed by atoms with Crippen LogP contribution in [0.4, 0.5) is 5.82 Å². The molecule has 0 radical (unpaired) electrons. The van der Waals surface area contributed by atoms with Crippen molar-refractivity contribution in [2.45, 2.75) is 59.1 Å². The van der Waals surface area contributed by atoms with E-state index in [1.165, 1.54) is 19.3 Å². The number of unbranched alkanes of at least 4 members (excludes halogenated alkanes) is 2. The van der Waals surface area contributed by atoms with E-state index in [-0.39, 0.29) is 0 Å². The highest BCUT2D eigenvalue weighted by Crippen LogP contribution is 2.20. The average Bonchev–Trinajstić information content (AvgIpc) is 2.34. The zero-order valence-corrected chi connectivity index (χ0v) is 12.1. The molecule has 0 saturated carbocycles. The Morgan fingerprint density at radius 1 is 1.28 bits per heavy atom. The summed E-state index contributed by atoms with van der Waals surface area (Å²) >= 11 is 0. The molecule has 0 aliphatic heterocycles. The van der Waals surface area contributed by atoms with Gasteiger partial charge in [0.1, 0.15) is 5.82 Å². The van der Waals surface area contributed by atoms with E-state index in [4.69, 9.17) is 0 Å². The minimum atomic E-state index is -0.434. The number of aliphatic hydroxyl groups excluding tert-OH is 1. The summed E-state index contributed by atoms with van der Waals surface area (Å²) in [6.45, 7) is 9.40. The summed E-state index contributed by atoms with van der Waals surface area (Å²) < 4.78 is 0. The molecule has 18 heavy (non-hydrogen) atoms. The maximum Gasteiger partial charge on any atom is 0.129 e. The van der Waals surface area contributed by atoms with Gasteiger partial charge in [-0.05, 0) is 44.9 Å². The van der Waals surface area contributed by atoms with Crippen LogP contribution < -0.4 is 4.90 Å². The van der Waals surface area contributed by atoms with Gasteiger partial charge in [-0.3, -0.25) is 0 Å². The van der Waals surface area contributed by atoms with Gasteiger partial charge in [-0.2, -0.15) is 0 Å². The lowest BCUT2D eigenvalue weighted by Gasteiger charge is -2.28. The molecule has 1 unspecified atom stereocenters. The van der Waals surface area contributed by atoms with E-state index in [1.807, 2.05) is 12.1 Å². The zero-order valence-electron chi connectivity index (χ0n) is 12.1. The molecule has 0 aliphatic carbocycles. The smallest absolute Gasteiger partial charge is 0.129 e. The maximum absolute atomic E-state index is 9.64. The number of aliphatic hydroxyl groups is 1. The Labute approximate surface area is 111 Å². The van der Waals surface area contributed by atoms with E-state index in [0.29, 0.717) is 6.04 Å². The highest BCUT2D eigenvalue weighted by molar-refractivity contribution is 5.42. The lowest BCUT2D eigenvalue weighted by atomic mass is 10.1. The molecule has 1 heterocycles. The van der Waals surface area contributed by atoms with Crippen molar-refractivity contribution in [1.82, 2.24) is 4.98 Å². The first-order valence-electron chi connectivity index (χ1n) is 6.97. The number of rotatable bonds is 7. The van der Waals surface area contributed by atoms with E-state index in [0.717, 1.165) is 17.9 Å². The summed E-state index contributed by atoms with van der Waals surface area (Å²) in [5.41, 5.74) is 0.932. The summed E-state index contributed by atoms with van der Waals surface area (Å²) in [7, 11) is 0. The van der Waals surface area contributed by atoms with Crippen LogP contribution in [0.2, 0.25) is 0 Å². The topological polar surface area (TPSA) is 36.4 Å². The number of hydrogen-bond acceptors (Lipinski definition) is 3. The second-order valence-electron chi connectivity index (χ2n) is 5.12. The van der Waals surface area contributed by atoms with E-state index in [1.54, 1.807) is 13.1 Å². The molecule has 0 amide bonds. The van der Waals surface area contributed by atoms with Crippen LogP contribution in [-0.2, 0) is 0 Å². The second-order valence-corrected chi connectivity index (χ2v) is 5.12. The van der Waals surface area contributed by atoms with E-state index in [9.17, 15) is 5.11 Å². The minimum Gasteiger partial charge on any atom is -0.389 e. The minimum absolute atomic E-state index is 0.429. The zero-order chi connectivity index (χ0) is 13.5. The molecular weight excluding hydrogens is 224 g/mol. The summed E-state index contributed by atoms with van der Waals surface area (Å²) in [4.78, 5) is 6.74. The molecule has 1 atom stereocenters. The maximum atomic E-state index is 9.64. The van der Waals surface area contributed by atoms with Crippen molar-refractivity contribution in [1.29, 1.82) is 0 Å². The van der Waals surface area contributed by atoms with Gasteiger partial charge >= 0.3 is 0 Å². The fraction of sp³-hybridized carbons (Fsp3) is 0.667. The normalized spacial score (nSPS) is 12.8. The Hall–Kier alpha value is -1.09. The number of hydrogen-bond donors (Lipinski definition) is 1. The molecule has 1 aromatic heterocycles. The lowest BCUT2D eigenvalue weighted by molar-refractivity contribution is 0.199. The van der Waals surface area contributed by atoms with Crippen molar-refractivity contribution < 1.29 is 5.11 Å². The van der Waals surface area contributed by atoms with Crippen molar-refractivity contribution in [3.05, 3.63) is 23.9 Å². The quantitative estimate of drug-likeness (QED) is 0.752. The van der Waals surface area contributed by atoms with E-state index < -0.39 is 6.10 Å². The summed E-state index contributed by atoms with van der Waals surface area (Å²) in [6.07, 6.45) is 5.02. The Morgan fingerprint density at radius 3 is 2.56 bits per heavy atom. The van der Waals surface area contributed by atoms with Crippen molar-refractivity contribution >= 4 is 5.82 Å². The SMILES string of the molecule is CCCCCN(c1cc(C(C)O)ccn1)C(C)C. The standard InChI is InChI=1S/C15H26N2O/c1-5-6-7-10-17(12(2)3)15-11-14(13(4)18)8-9-16-15/h8-9,11-13,18H,5-7,10H2,1-4H3. The monoisotopic (exact) mass is 250 g/mol. The van der Waals surface area contributed by atoms with Crippen molar-refractivity contribution in [2.75, 3.05) is 11.4 Å². The predicted octanol–water partition coefficient (Wildman–Crippen LogP) is 3.54. The van der Waals surface area contributed by atoms with Crippen LogP contribution in [0.25, 0.3) is 0 Å². The molecule has 0 aromatic carbocycles. The van der Waals surface area contributed by atoms with Crippen LogP contribution in [0.5, 0.6) is 0 Å².